The molecule has 0 fully saturated rings. The average Bonchev–Trinajstić information content (AvgIpc) is 2.34. The normalized spacial score (nSPS) is 11.1. The Kier molecular flexibility index (Phi) is 4.93. The van der Waals surface area contributed by atoms with Crippen molar-refractivity contribution >= 4 is 17.3 Å². The number of non-ortho nitro benzene ring substituents is 1. The van der Waals surface area contributed by atoms with Gasteiger partial charge in [-0.3, -0.25) is 25.0 Å². The van der Waals surface area contributed by atoms with Gasteiger partial charge in [0, 0.05) is 30.1 Å². The van der Waals surface area contributed by atoms with Gasteiger partial charge in [-0.05, 0) is 19.9 Å². The fourth-order valence-corrected chi connectivity index (χ4v) is 1.82. The molecule has 0 atom stereocenters. The van der Waals surface area contributed by atoms with Crippen molar-refractivity contribution in [2.75, 3.05) is 0 Å². The highest BCUT2D eigenvalue weighted by atomic mass is 16.6. The van der Waals surface area contributed by atoms with Crippen molar-refractivity contribution in [3.8, 4) is 0 Å². The van der Waals surface area contributed by atoms with E-state index in [2.05, 4.69) is 5.32 Å². The van der Waals surface area contributed by atoms with Gasteiger partial charge in [-0.1, -0.05) is 0 Å². The van der Waals surface area contributed by atoms with Gasteiger partial charge in [0.25, 0.3) is 11.4 Å². The molecule has 114 valence electrons. The van der Waals surface area contributed by atoms with Gasteiger partial charge in [0.1, 0.15) is 0 Å². The van der Waals surface area contributed by atoms with Crippen LogP contribution in [0, 0.1) is 20.2 Å². The summed E-state index contributed by atoms with van der Waals surface area (Å²) in [6.07, 6.45) is 0.0633. The van der Waals surface area contributed by atoms with Crippen LogP contribution in [-0.4, -0.2) is 21.3 Å². The molecule has 0 saturated heterocycles. The molecule has 0 aromatic heterocycles. The minimum atomic E-state index is -0.693. The van der Waals surface area contributed by atoms with E-state index in [0.717, 1.165) is 6.07 Å². The van der Waals surface area contributed by atoms with Crippen molar-refractivity contribution in [2.45, 2.75) is 32.4 Å². The fraction of sp³-hybridized carbons (Fsp3) is 0.417. The summed E-state index contributed by atoms with van der Waals surface area (Å²) in [6.45, 7) is 3.55. The first-order chi connectivity index (χ1) is 9.62. The Balaban J connectivity index is 2.95. The van der Waals surface area contributed by atoms with E-state index in [-0.39, 0.29) is 24.3 Å². The van der Waals surface area contributed by atoms with Gasteiger partial charge in [0.2, 0.25) is 5.91 Å². The number of benzene rings is 1. The second kappa shape index (κ2) is 6.27. The second-order valence-electron chi connectivity index (χ2n) is 5.21. The Hall–Kier alpha value is -2.55. The van der Waals surface area contributed by atoms with Gasteiger partial charge in [-0.15, -0.1) is 0 Å². The van der Waals surface area contributed by atoms with E-state index in [1.807, 2.05) is 0 Å². The number of nitrogens with one attached hydrogen (secondary N) is 1. The van der Waals surface area contributed by atoms with E-state index in [1.165, 1.54) is 12.1 Å². The molecule has 1 rings (SSSR count). The van der Waals surface area contributed by atoms with Crippen molar-refractivity contribution in [1.82, 2.24) is 5.32 Å². The standard InChI is InChI=1S/C12H16N4O5/c1-12(2,6-11(13)17)14-7-8-3-4-9(15(18)19)5-10(8)16(20)21/h3-5,14H,6-7H2,1-2H3,(H2,13,17). The third kappa shape index (κ3) is 4.80. The molecule has 0 aliphatic rings. The van der Waals surface area contributed by atoms with Crippen molar-refractivity contribution in [3.63, 3.8) is 0 Å². The molecule has 21 heavy (non-hydrogen) atoms. The lowest BCUT2D eigenvalue weighted by atomic mass is 9.99. The van der Waals surface area contributed by atoms with Crippen molar-refractivity contribution in [3.05, 3.63) is 44.0 Å². The molecule has 0 radical (unpaired) electrons. The molecule has 9 nitrogen and oxygen atoms in total. The Morgan fingerprint density at radius 3 is 2.38 bits per heavy atom. The van der Waals surface area contributed by atoms with Crippen LogP contribution in [0.5, 0.6) is 0 Å². The predicted molar refractivity (Wildman–Crippen MR) is 74.5 cm³/mol. The average molecular weight is 296 g/mol. The van der Waals surface area contributed by atoms with E-state index in [0.29, 0.717) is 5.56 Å². The zero-order valence-corrected chi connectivity index (χ0v) is 11.7. The number of rotatable bonds is 7. The molecule has 3 N–H and O–H groups in total. The molecular formula is C12H16N4O5. The molecule has 1 aromatic rings. The van der Waals surface area contributed by atoms with Crippen LogP contribution in [0.1, 0.15) is 25.8 Å². The van der Waals surface area contributed by atoms with E-state index in [4.69, 9.17) is 5.73 Å². The van der Waals surface area contributed by atoms with E-state index in [9.17, 15) is 25.0 Å². The monoisotopic (exact) mass is 296 g/mol. The molecule has 0 aliphatic heterocycles. The number of carbonyl (C=O) groups is 1. The number of carbonyl (C=O) groups excluding carboxylic acids is 1. The Morgan fingerprint density at radius 2 is 1.90 bits per heavy atom. The maximum absolute atomic E-state index is 11.0. The lowest BCUT2D eigenvalue weighted by molar-refractivity contribution is -0.394. The van der Waals surface area contributed by atoms with Gasteiger partial charge in [0.05, 0.1) is 15.9 Å². The lowest BCUT2D eigenvalue weighted by Gasteiger charge is -2.24. The second-order valence-corrected chi connectivity index (χ2v) is 5.21. The van der Waals surface area contributed by atoms with Crippen molar-refractivity contribution < 1.29 is 14.6 Å². The number of hydrogen-bond acceptors (Lipinski definition) is 6. The molecule has 0 unspecified atom stereocenters. The minimum absolute atomic E-state index is 0.0633. The smallest absolute Gasteiger partial charge is 0.280 e. The molecule has 0 saturated carbocycles. The Labute approximate surface area is 120 Å². The highest BCUT2D eigenvalue weighted by Crippen LogP contribution is 2.25. The van der Waals surface area contributed by atoms with Gasteiger partial charge >= 0.3 is 0 Å². The summed E-state index contributed by atoms with van der Waals surface area (Å²) in [7, 11) is 0. The maximum Gasteiger partial charge on any atom is 0.280 e. The molecular weight excluding hydrogens is 280 g/mol. The van der Waals surface area contributed by atoms with Crippen LogP contribution < -0.4 is 11.1 Å². The number of nitro benzene ring substituents is 2. The van der Waals surface area contributed by atoms with Gasteiger partial charge < -0.3 is 11.1 Å². The van der Waals surface area contributed by atoms with Gasteiger partial charge in [0.15, 0.2) is 0 Å². The van der Waals surface area contributed by atoms with Crippen molar-refractivity contribution in [2.24, 2.45) is 5.73 Å². The topological polar surface area (TPSA) is 141 Å². The Bertz CT molecular complexity index is 585. The molecule has 9 heteroatoms. The van der Waals surface area contributed by atoms with Crippen LogP contribution in [-0.2, 0) is 11.3 Å². The molecule has 0 heterocycles. The summed E-state index contributed by atoms with van der Waals surface area (Å²) < 4.78 is 0. The molecule has 0 aliphatic carbocycles. The Morgan fingerprint density at radius 1 is 1.29 bits per heavy atom. The number of nitro groups is 2. The van der Waals surface area contributed by atoms with E-state index < -0.39 is 21.3 Å². The lowest BCUT2D eigenvalue weighted by Crippen LogP contribution is -2.42. The fourth-order valence-electron chi connectivity index (χ4n) is 1.82. The quantitative estimate of drug-likeness (QED) is 0.572. The molecule has 0 bridgehead atoms. The van der Waals surface area contributed by atoms with Crippen LogP contribution in [0.4, 0.5) is 11.4 Å². The zero-order valence-electron chi connectivity index (χ0n) is 11.7. The van der Waals surface area contributed by atoms with Gasteiger partial charge in [-0.25, -0.2) is 0 Å². The number of nitrogens with two attached hydrogens (primary N) is 1. The SMILES string of the molecule is CC(C)(CC(N)=O)NCc1ccc([N+](=O)[O-])cc1[N+](=O)[O-]. The van der Waals surface area contributed by atoms with Crippen LogP contribution >= 0.6 is 0 Å². The third-order valence-electron chi connectivity index (χ3n) is 2.85. The molecule has 1 aromatic carbocycles. The third-order valence-corrected chi connectivity index (χ3v) is 2.85. The summed E-state index contributed by atoms with van der Waals surface area (Å²) in [4.78, 5) is 31.2. The predicted octanol–water partition coefficient (Wildman–Crippen LogP) is 1.25. The number of nitrogens with zero attached hydrogens (tertiary/aromatic N) is 2. The summed E-state index contributed by atoms with van der Waals surface area (Å²) in [5.41, 5.74) is 4.09. The number of hydrogen-bond donors (Lipinski definition) is 2. The van der Waals surface area contributed by atoms with Crippen LogP contribution in [0.25, 0.3) is 0 Å². The first-order valence-corrected chi connectivity index (χ1v) is 6.07. The zero-order chi connectivity index (χ0) is 16.2. The van der Waals surface area contributed by atoms with Gasteiger partial charge in [-0.2, -0.15) is 0 Å². The first-order valence-electron chi connectivity index (χ1n) is 6.07. The molecule has 0 spiro atoms. The van der Waals surface area contributed by atoms with Crippen molar-refractivity contribution in [1.29, 1.82) is 0 Å². The molecule has 1 amide bonds. The van der Waals surface area contributed by atoms with E-state index >= 15 is 0 Å². The van der Waals surface area contributed by atoms with Crippen LogP contribution in [0.15, 0.2) is 18.2 Å². The highest BCUT2D eigenvalue weighted by molar-refractivity contribution is 5.75. The summed E-state index contributed by atoms with van der Waals surface area (Å²) >= 11 is 0. The van der Waals surface area contributed by atoms with Crippen LogP contribution in [0.2, 0.25) is 0 Å². The van der Waals surface area contributed by atoms with Crippen LogP contribution in [0.3, 0.4) is 0 Å². The number of amides is 1. The van der Waals surface area contributed by atoms with E-state index in [1.54, 1.807) is 13.8 Å². The summed E-state index contributed by atoms with van der Waals surface area (Å²) in [6, 6.07) is 3.44. The highest BCUT2D eigenvalue weighted by Gasteiger charge is 2.23. The maximum atomic E-state index is 11.0. The first kappa shape index (κ1) is 16.5. The number of primary amides is 1. The summed E-state index contributed by atoms with van der Waals surface area (Å²) in [5.74, 6) is -0.495. The largest absolute Gasteiger partial charge is 0.370 e. The minimum Gasteiger partial charge on any atom is -0.370 e. The summed E-state index contributed by atoms with van der Waals surface area (Å²) in [5, 5.41) is 24.6.